The molecule has 0 bridgehead atoms. The summed E-state index contributed by atoms with van der Waals surface area (Å²) in [7, 11) is 0. The molecule has 1 fully saturated rings. The van der Waals surface area contributed by atoms with Crippen molar-refractivity contribution in [3.8, 4) is 0 Å². The van der Waals surface area contributed by atoms with Gasteiger partial charge in [0.1, 0.15) is 5.60 Å². The third-order valence-corrected chi connectivity index (χ3v) is 2.87. The van der Waals surface area contributed by atoms with Crippen molar-refractivity contribution in [3.63, 3.8) is 0 Å². The molecule has 0 radical (unpaired) electrons. The minimum Gasteiger partial charge on any atom is -0.460 e. The lowest BCUT2D eigenvalue weighted by Crippen LogP contribution is -2.49. The van der Waals surface area contributed by atoms with Crippen molar-refractivity contribution in [2.24, 2.45) is 5.92 Å². The summed E-state index contributed by atoms with van der Waals surface area (Å²) in [5.74, 6) is -3.33. The molecule has 1 aliphatic heterocycles. The molecule has 21 heavy (non-hydrogen) atoms. The Kier molecular flexibility index (Phi) is 5.46. The van der Waals surface area contributed by atoms with E-state index in [4.69, 9.17) is 4.74 Å². The fraction of sp³-hybridized carbons (Fsp3) is 0.714. The lowest BCUT2D eigenvalue weighted by atomic mass is 9.91. The predicted octanol–water partition coefficient (Wildman–Crippen LogP) is 0.945. The van der Waals surface area contributed by atoms with E-state index in [1.165, 1.54) is 4.90 Å². The van der Waals surface area contributed by atoms with Crippen molar-refractivity contribution in [1.82, 2.24) is 4.90 Å². The molecule has 0 aromatic heterocycles. The maximum Gasteiger partial charge on any atom is 0.410 e. The molecule has 7 nitrogen and oxygen atoms in total. The first-order valence-electron chi connectivity index (χ1n) is 6.87. The van der Waals surface area contributed by atoms with Crippen LogP contribution in [0.1, 0.15) is 34.1 Å². The molecule has 1 heterocycles. The van der Waals surface area contributed by atoms with Crippen molar-refractivity contribution >= 4 is 23.6 Å². The molecule has 118 valence electrons. The Labute approximate surface area is 123 Å². The molecule has 1 aliphatic rings. The fourth-order valence-corrected chi connectivity index (χ4v) is 1.93. The average molecular weight is 299 g/mol. The quantitative estimate of drug-likeness (QED) is 0.438. The zero-order valence-corrected chi connectivity index (χ0v) is 12.8. The van der Waals surface area contributed by atoms with Crippen molar-refractivity contribution in [2.45, 2.75) is 39.7 Å². The summed E-state index contributed by atoms with van der Waals surface area (Å²) < 4.78 is 9.76. The van der Waals surface area contributed by atoms with E-state index >= 15 is 0 Å². The lowest BCUT2D eigenvalue weighted by molar-refractivity contribution is -0.157. The molecule has 7 heteroatoms. The second kappa shape index (κ2) is 6.69. The summed E-state index contributed by atoms with van der Waals surface area (Å²) in [6, 6.07) is 0. The third kappa shape index (κ3) is 4.84. The highest BCUT2D eigenvalue weighted by molar-refractivity contribution is 6.38. The number of hydrogen-bond donors (Lipinski definition) is 0. The highest BCUT2D eigenvalue weighted by atomic mass is 16.6. The molecule has 0 aromatic rings. The van der Waals surface area contributed by atoms with E-state index in [0.717, 1.165) is 0 Å². The number of Topliss-reactive ketones (excluding diaryl/α,β-unsaturated/α-hetero) is 2. The first-order valence-corrected chi connectivity index (χ1v) is 6.87. The first kappa shape index (κ1) is 17.1. The van der Waals surface area contributed by atoms with Crippen LogP contribution in [0.25, 0.3) is 0 Å². The molecule has 0 N–H and O–H groups in total. The first-order chi connectivity index (χ1) is 9.65. The van der Waals surface area contributed by atoms with Crippen molar-refractivity contribution in [2.75, 3.05) is 19.7 Å². The predicted molar refractivity (Wildman–Crippen MR) is 72.6 cm³/mol. The summed E-state index contributed by atoms with van der Waals surface area (Å²) >= 11 is 0. The van der Waals surface area contributed by atoms with Crippen LogP contribution in [-0.4, -0.2) is 53.8 Å². The number of carbonyl (C=O) groups excluding carboxylic acids is 4. The van der Waals surface area contributed by atoms with Gasteiger partial charge in [0.2, 0.25) is 0 Å². The van der Waals surface area contributed by atoms with Gasteiger partial charge in [-0.15, -0.1) is 0 Å². The molecule has 1 saturated heterocycles. The number of amides is 1. The van der Waals surface area contributed by atoms with E-state index < -0.39 is 35.1 Å². The van der Waals surface area contributed by atoms with Gasteiger partial charge in [-0.1, -0.05) is 0 Å². The second-order valence-electron chi connectivity index (χ2n) is 5.79. The highest BCUT2D eigenvalue weighted by Crippen LogP contribution is 2.18. The maximum atomic E-state index is 11.9. The van der Waals surface area contributed by atoms with E-state index in [-0.39, 0.29) is 26.1 Å². The maximum absolute atomic E-state index is 11.9. The van der Waals surface area contributed by atoms with Crippen LogP contribution in [-0.2, 0) is 23.9 Å². The van der Waals surface area contributed by atoms with Crippen LogP contribution in [0.5, 0.6) is 0 Å². The molecule has 0 aliphatic carbocycles. The number of ether oxygens (including phenoxy) is 2. The van der Waals surface area contributed by atoms with Crippen LogP contribution < -0.4 is 0 Å². The minimum absolute atomic E-state index is 0.0789. The topological polar surface area (TPSA) is 90.0 Å². The second-order valence-corrected chi connectivity index (χ2v) is 5.79. The van der Waals surface area contributed by atoms with Crippen molar-refractivity contribution < 1.29 is 28.7 Å². The number of likely N-dealkylation sites (tertiary alicyclic amines) is 1. The normalized spacial score (nSPS) is 19.1. The smallest absolute Gasteiger partial charge is 0.410 e. The molecule has 0 saturated carbocycles. The van der Waals surface area contributed by atoms with E-state index in [9.17, 15) is 19.2 Å². The van der Waals surface area contributed by atoms with Gasteiger partial charge in [0, 0.05) is 6.54 Å². The number of carbonyl (C=O) groups is 4. The molecular weight excluding hydrogens is 278 g/mol. The minimum atomic E-state index is -1.03. The number of ketones is 2. The Morgan fingerprint density at radius 1 is 1.29 bits per heavy atom. The Morgan fingerprint density at radius 3 is 2.38 bits per heavy atom. The van der Waals surface area contributed by atoms with Crippen LogP contribution in [0, 0.1) is 5.92 Å². The Morgan fingerprint density at radius 2 is 1.90 bits per heavy atom. The van der Waals surface area contributed by atoms with E-state index in [0.29, 0.717) is 0 Å². The van der Waals surface area contributed by atoms with Crippen molar-refractivity contribution in [1.29, 1.82) is 0 Å². The van der Waals surface area contributed by atoms with Gasteiger partial charge in [-0.25, -0.2) is 9.59 Å². The molecule has 1 amide bonds. The zero-order chi connectivity index (χ0) is 16.2. The molecule has 1 atom stereocenters. The summed E-state index contributed by atoms with van der Waals surface area (Å²) in [4.78, 5) is 48.2. The number of rotatable bonds is 3. The van der Waals surface area contributed by atoms with Crippen LogP contribution in [0.15, 0.2) is 0 Å². The molecule has 0 unspecified atom stereocenters. The summed E-state index contributed by atoms with van der Waals surface area (Å²) in [5, 5.41) is 0. The van der Waals surface area contributed by atoms with Gasteiger partial charge in [-0.2, -0.15) is 0 Å². The van der Waals surface area contributed by atoms with Gasteiger partial charge in [0.25, 0.3) is 5.78 Å². The largest absolute Gasteiger partial charge is 0.460 e. The monoisotopic (exact) mass is 299 g/mol. The van der Waals surface area contributed by atoms with Gasteiger partial charge in [0.05, 0.1) is 19.1 Å². The molecule has 0 spiro atoms. The number of nitrogens with zero attached hydrogens (tertiary/aromatic N) is 1. The molecule has 0 aromatic carbocycles. The standard InChI is InChI=1S/C14H21NO6/c1-5-20-12(18)11(17)9-6-7-15(8-10(9)16)13(19)21-14(2,3)4/h9H,5-8H2,1-4H3/t9-/m1/s1. The molecular formula is C14H21NO6. The Balaban J connectivity index is 2.62. The Hall–Kier alpha value is -1.92. The van der Waals surface area contributed by atoms with Crippen LogP contribution in [0.3, 0.4) is 0 Å². The van der Waals surface area contributed by atoms with Crippen LogP contribution in [0.4, 0.5) is 4.79 Å². The fourth-order valence-electron chi connectivity index (χ4n) is 1.93. The van der Waals surface area contributed by atoms with Crippen LogP contribution in [0.2, 0.25) is 0 Å². The summed E-state index contributed by atoms with van der Waals surface area (Å²) in [6.07, 6.45) is -0.492. The third-order valence-electron chi connectivity index (χ3n) is 2.87. The zero-order valence-electron chi connectivity index (χ0n) is 12.8. The van der Waals surface area contributed by atoms with Crippen LogP contribution >= 0.6 is 0 Å². The van der Waals surface area contributed by atoms with Gasteiger partial charge in [-0.05, 0) is 34.1 Å². The SMILES string of the molecule is CCOC(=O)C(=O)[C@@H]1CCN(C(=O)OC(C)(C)C)CC1=O. The van der Waals surface area contributed by atoms with Gasteiger partial charge < -0.3 is 14.4 Å². The van der Waals surface area contributed by atoms with E-state index in [2.05, 4.69) is 4.74 Å². The van der Waals surface area contributed by atoms with Crippen molar-refractivity contribution in [3.05, 3.63) is 0 Å². The average Bonchev–Trinajstić information content (AvgIpc) is 2.36. The molecule has 1 rings (SSSR count). The van der Waals surface area contributed by atoms with Gasteiger partial charge >= 0.3 is 12.1 Å². The number of piperidine rings is 1. The Bertz CT molecular complexity index is 451. The van der Waals surface area contributed by atoms with E-state index in [1.54, 1.807) is 27.7 Å². The summed E-state index contributed by atoms with van der Waals surface area (Å²) in [6.45, 7) is 6.80. The van der Waals surface area contributed by atoms with Gasteiger partial charge in [0.15, 0.2) is 5.78 Å². The number of esters is 1. The summed E-state index contributed by atoms with van der Waals surface area (Å²) in [5.41, 5.74) is -0.655. The van der Waals surface area contributed by atoms with E-state index in [1.807, 2.05) is 0 Å². The highest BCUT2D eigenvalue weighted by Gasteiger charge is 2.38. The van der Waals surface area contributed by atoms with Gasteiger partial charge in [-0.3, -0.25) is 9.59 Å². The number of hydrogen-bond acceptors (Lipinski definition) is 6. The lowest BCUT2D eigenvalue weighted by Gasteiger charge is -2.31.